The monoisotopic (exact) mass is 378 g/mol. The van der Waals surface area contributed by atoms with Gasteiger partial charge in [-0.05, 0) is 61.5 Å². The van der Waals surface area contributed by atoms with Gasteiger partial charge in [0, 0.05) is 23.4 Å². The van der Waals surface area contributed by atoms with Crippen molar-refractivity contribution in [3.05, 3.63) is 34.3 Å². The maximum atomic E-state index is 12.6. The number of amides is 1. The Balaban J connectivity index is 1.41. The largest absolute Gasteiger partial charge is 0.448 e. The van der Waals surface area contributed by atoms with Gasteiger partial charge >= 0.3 is 5.97 Å². The van der Waals surface area contributed by atoms with Crippen molar-refractivity contribution in [2.24, 2.45) is 10.8 Å². The number of hydrogen-bond acceptors (Lipinski definition) is 5. The van der Waals surface area contributed by atoms with Crippen molar-refractivity contribution < 1.29 is 19.4 Å². The highest BCUT2D eigenvalue weighted by Gasteiger charge is 2.66. The van der Waals surface area contributed by atoms with E-state index in [2.05, 4.69) is 10.6 Å². The highest BCUT2D eigenvalue weighted by molar-refractivity contribution is 6.30. The first-order valence-corrected chi connectivity index (χ1v) is 9.45. The van der Waals surface area contributed by atoms with E-state index < -0.39 is 12.1 Å². The number of halogens is 1. The molecule has 1 saturated heterocycles. The second-order valence-corrected chi connectivity index (χ2v) is 8.20. The smallest absolute Gasteiger partial charge is 0.339 e. The normalized spacial score (nSPS) is 29.0. The molecule has 1 aromatic rings. The van der Waals surface area contributed by atoms with E-state index in [1.54, 1.807) is 18.2 Å². The summed E-state index contributed by atoms with van der Waals surface area (Å²) < 4.78 is 5.30. The van der Waals surface area contributed by atoms with Crippen molar-refractivity contribution in [3.63, 3.8) is 0 Å². The van der Waals surface area contributed by atoms with E-state index >= 15 is 0 Å². The zero-order valence-electron chi connectivity index (χ0n) is 14.5. The third kappa shape index (κ3) is 2.90. The Morgan fingerprint density at radius 2 is 2.15 bits per heavy atom. The van der Waals surface area contributed by atoms with Crippen LogP contribution in [0.25, 0.3) is 0 Å². The quantitative estimate of drug-likeness (QED) is 0.687. The number of piperidine rings is 1. The molecule has 2 unspecified atom stereocenters. The van der Waals surface area contributed by atoms with Gasteiger partial charge in [0.25, 0.3) is 5.91 Å². The first-order valence-electron chi connectivity index (χ1n) is 9.07. The number of hydrogen-bond donors (Lipinski definition) is 3. The van der Waals surface area contributed by atoms with E-state index in [0.29, 0.717) is 23.6 Å². The molecule has 1 aliphatic carbocycles. The number of ether oxygens (including phenoxy) is 1. The first kappa shape index (κ1) is 17.8. The van der Waals surface area contributed by atoms with Crippen LogP contribution in [0, 0.1) is 10.8 Å². The molecule has 2 heterocycles. The Labute approximate surface area is 157 Å². The molecule has 26 heavy (non-hydrogen) atoms. The summed E-state index contributed by atoms with van der Waals surface area (Å²) in [4.78, 5) is 24.7. The predicted octanol–water partition coefficient (Wildman–Crippen LogP) is 1.29. The summed E-state index contributed by atoms with van der Waals surface area (Å²) in [6.45, 7) is 2.38. The molecule has 0 aromatic heterocycles. The van der Waals surface area contributed by atoms with Crippen LogP contribution in [0.15, 0.2) is 18.2 Å². The summed E-state index contributed by atoms with van der Waals surface area (Å²) in [5, 5.41) is 16.7. The van der Waals surface area contributed by atoms with Crippen molar-refractivity contribution in [1.82, 2.24) is 10.6 Å². The minimum absolute atomic E-state index is 0.0657. The van der Waals surface area contributed by atoms with Crippen molar-refractivity contribution >= 4 is 23.5 Å². The van der Waals surface area contributed by atoms with Gasteiger partial charge in [0.2, 0.25) is 0 Å². The summed E-state index contributed by atoms with van der Waals surface area (Å²) >= 11 is 6.00. The van der Waals surface area contributed by atoms with E-state index in [1.165, 1.54) is 0 Å². The third-order valence-electron chi connectivity index (χ3n) is 6.38. The number of carbonyl (C=O) groups excluding carboxylic acids is 2. The standard InChI is InChI=1S/C19H23ClN2O4/c20-13-1-2-14-12(7-13)8-15(26-17(14)25)16(24)22-10-19(11-23)9-18(19)3-5-21-6-4-18/h1-2,7,15,21,23H,3-6,8-11H2,(H,22,24). The lowest BCUT2D eigenvalue weighted by atomic mass is 9.85. The average Bonchev–Trinajstić information content (AvgIpc) is 3.25. The molecule has 0 bridgehead atoms. The van der Waals surface area contributed by atoms with Crippen molar-refractivity contribution in [1.29, 1.82) is 0 Å². The molecule has 7 heteroatoms. The number of aliphatic hydroxyl groups excluding tert-OH is 1. The molecule has 2 atom stereocenters. The van der Waals surface area contributed by atoms with Crippen LogP contribution in [-0.2, 0) is 16.0 Å². The Morgan fingerprint density at radius 3 is 2.88 bits per heavy atom. The maximum Gasteiger partial charge on any atom is 0.339 e. The molecule has 2 aliphatic heterocycles. The van der Waals surface area contributed by atoms with Crippen LogP contribution in [0.5, 0.6) is 0 Å². The number of nitrogens with one attached hydrogen (secondary N) is 2. The van der Waals surface area contributed by atoms with E-state index in [0.717, 1.165) is 37.9 Å². The van der Waals surface area contributed by atoms with E-state index in [1.807, 2.05) is 0 Å². The van der Waals surface area contributed by atoms with Gasteiger partial charge in [0.15, 0.2) is 6.10 Å². The number of esters is 1. The van der Waals surface area contributed by atoms with Gasteiger partial charge < -0.3 is 20.5 Å². The van der Waals surface area contributed by atoms with E-state index in [4.69, 9.17) is 16.3 Å². The molecule has 1 aromatic carbocycles. The molecule has 6 nitrogen and oxygen atoms in total. The Bertz CT molecular complexity index is 747. The number of fused-ring (bicyclic) bond motifs is 1. The number of benzene rings is 1. The fraction of sp³-hybridized carbons (Fsp3) is 0.579. The minimum Gasteiger partial charge on any atom is -0.448 e. The van der Waals surface area contributed by atoms with Gasteiger partial charge in [-0.3, -0.25) is 4.79 Å². The van der Waals surface area contributed by atoms with E-state index in [9.17, 15) is 14.7 Å². The fourth-order valence-electron chi connectivity index (χ4n) is 4.63. The van der Waals surface area contributed by atoms with E-state index in [-0.39, 0.29) is 23.3 Å². The highest BCUT2D eigenvalue weighted by atomic mass is 35.5. The SMILES string of the molecule is O=C1OC(C(=O)NCC2(CO)CC23CCNCC3)Cc2cc(Cl)ccc21. The van der Waals surface area contributed by atoms with Crippen LogP contribution in [0.4, 0.5) is 0 Å². The molecule has 3 aliphatic rings. The predicted molar refractivity (Wildman–Crippen MR) is 96.0 cm³/mol. The second-order valence-electron chi connectivity index (χ2n) is 7.76. The molecule has 0 radical (unpaired) electrons. The fourth-order valence-corrected chi connectivity index (χ4v) is 4.82. The van der Waals surface area contributed by atoms with Gasteiger partial charge in [0.1, 0.15) is 0 Å². The van der Waals surface area contributed by atoms with Crippen molar-refractivity contribution in [3.8, 4) is 0 Å². The Kier molecular flexibility index (Phi) is 4.45. The summed E-state index contributed by atoms with van der Waals surface area (Å²) in [5.41, 5.74) is 1.07. The molecule has 1 amide bonds. The topological polar surface area (TPSA) is 87.7 Å². The third-order valence-corrected chi connectivity index (χ3v) is 6.61. The molecule has 1 saturated carbocycles. The lowest BCUT2D eigenvalue weighted by Gasteiger charge is -2.30. The van der Waals surface area contributed by atoms with Gasteiger partial charge in [-0.15, -0.1) is 0 Å². The molecule has 4 rings (SSSR count). The van der Waals surface area contributed by atoms with Crippen LogP contribution >= 0.6 is 11.6 Å². The van der Waals surface area contributed by atoms with Gasteiger partial charge in [-0.25, -0.2) is 4.79 Å². The van der Waals surface area contributed by atoms with Crippen LogP contribution in [0.3, 0.4) is 0 Å². The summed E-state index contributed by atoms with van der Waals surface area (Å²) in [6, 6.07) is 4.97. The minimum atomic E-state index is -0.855. The van der Waals surface area contributed by atoms with Crippen LogP contribution in [-0.4, -0.2) is 49.3 Å². The number of cyclic esters (lactones) is 1. The number of carbonyl (C=O) groups is 2. The van der Waals surface area contributed by atoms with Crippen molar-refractivity contribution in [2.45, 2.75) is 31.8 Å². The summed E-state index contributed by atoms with van der Waals surface area (Å²) in [6.07, 6.45) is 2.43. The van der Waals surface area contributed by atoms with Gasteiger partial charge in [0.05, 0.1) is 12.2 Å². The zero-order chi connectivity index (χ0) is 18.4. The first-order chi connectivity index (χ1) is 12.5. The lowest BCUT2D eigenvalue weighted by molar-refractivity contribution is -0.130. The number of rotatable bonds is 4. The molecule has 140 valence electrons. The molecular weight excluding hydrogens is 356 g/mol. The van der Waals surface area contributed by atoms with Crippen LogP contribution in [0.2, 0.25) is 5.02 Å². The Morgan fingerprint density at radius 1 is 1.38 bits per heavy atom. The van der Waals surface area contributed by atoms with Crippen LogP contribution in [0.1, 0.15) is 35.2 Å². The summed E-state index contributed by atoms with van der Waals surface area (Å²) in [7, 11) is 0. The molecule has 3 N–H and O–H groups in total. The molecular formula is C19H23ClN2O4. The summed E-state index contributed by atoms with van der Waals surface area (Å²) in [5.74, 6) is -0.811. The molecule has 1 spiro atoms. The molecule has 2 fully saturated rings. The van der Waals surface area contributed by atoms with Crippen molar-refractivity contribution in [2.75, 3.05) is 26.2 Å². The maximum absolute atomic E-state index is 12.6. The van der Waals surface area contributed by atoms with Gasteiger partial charge in [-0.2, -0.15) is 0 Å². The lowest BCUT2D eigenvalue weighted by Crippen LogP contribution is -2.45. The zero-order valence-corrected chi connectivity index (χ0v) is 15.3. The highest BCUT2D eigenvalue weighted by Crippen LogP contribution is 2.67. The average molecular weight is 379 g/mol. The number of aliphatic hydroxyl groups is 1. The Hall–Kier alpha value is -1.63. The second kappa shape index (κ2) is 6.51. The van der Waals surface area contributed by atoms with Gasteiger partial charge in [-0.1, -0.05) is 11.6 Å². The van der Waals surface area contributed by atoms with Crippen LogP contribution < -0.4 is 10.6 Å².